The van der Waals surface area contributed by atoms with Gasteiger partial charge in [0.2, 0.25) is 0 Å². The van der Waals surface area contributed by atoms with Crippen LogP contribution in [-0.4, -0.2) is 16.8 Å². The van der Waals surface area contributed by atoms with Crippen molar-refractivity contribution in [3.63, 3.8) is 0 Å². The summed E-state index contributed by atoms with van der Waals surface area (Å²) in [6.45, 7) is 1.68. The molecule has 0 unspecified atom stereocenters. The topological polar surface area (TPSA) is 56.0 Å². The fraction of sp³-hybridized carbons (Fsp3) is 0.333. The van der Waals surface area contributed by atoms with Crippen LogP contribution in [0.4, 0.5) is 0 Å². The van der Waals surface area contributed by atoms with Gasteiger partial charge in [0.15, 0.2) is 5.78 Å². The smallest absolute Gasteiger partial charge is 0.155 e. The van der Waals surface area contributed by atoms with Crippen LogP contribution in [0.25, 0.3) is 0 Å². The molecule has 0 bridgehead atoms. The maximum atomic E-state index is 11.2. The number of carbonyl (C=O) groups is 1. The van der Waals surface area contributed by atoms with Gasteiger partial charge in [-0.3, -0.25) is 4.79 Å². The van der Waals surface area contributed by atoms with Crippen LogP contribution in [-0.2, 0) is 11.2 Å². The number of pyridine rings is 1. The average Bonchev–Trinajstić information content (AvgIpc) is 2.04. The summed E-state index contributed by atoms with van der Waals surface area (Å²) in [6.07, 6.45) is 0.303. The van der Waals surface area contributed by atoms with Crippen molar-refractivity contribution < 1.29 is 4.79 Å². The molecule has 4 heteroatoms. The van der Waals surface area contributed by atoms with E-state index in [0.29, 0.717) is 6.42 Å². The number of carbonyl (C=O) groups excluding carboxylic acids is 1. The van der Waals surface area contributed by atoms with Crippen LogP contribution in [0, 0.1) is 0 Å². The summed E-state index contributed by atoms with van der Waals surface area (Å²) in [5.74, 6) is 0.00519. The Kier molecular flexibility index (Phi) is 3.57. The van der Waals surface area contributed by atoms with Crippen molar-refractivity contribution in [2.45, 2.75) is 19.4 Å². The Hall–Kier alpha value is -0.740. The van der Waals surface area contributed by atoms with Crippen LogP contribution in [0.15, 0.2) is 22.8 Å². The first kappa shape index (κ1) is 10.3. The molecule has 0 fully saturated rings. The molecule has 0 radical (unpaired) electrons. The molecule has 0 amide bonds. The Morgan fingerprint density at radius 1 is 1.69 bits per heavy atom. The number of Topliss-reactive ketones (excluding diaryl/α,β-unsaturated/α-hetero) is 1. The van der Waals surface area contributed by atoms with Crippen LogP contribution in [0.5, 0.6) is 0 Å². The third kappa shape index (κ3) is 3.24. The van der Waals surface area contributed by atoms with E-state index in [1.165, 1.54) is 0 Å². The average molecular weight is 243 g/mol. The van der Waals surface area contributed by atoms with Gasteiger partial charge in [0.05, 0.1) is 12.5 Å². The maximum absolute atomic E-state index is 11.2. The Morgan fingerprint density at radius 2 is 2.38 bits per heavy atom. The highest BCUT2D eigenvalue weighted by Crippen LogP contribution is 2.07. The molecule has 1 heterocycles. The Balaban J connectivity index is 2.69. The minimum atomic E-state index is -0.416. The van der Waals surface area contributed by atoms with Crippen LogP contribution in [0.1, 0.15) is 12.6 Å². The first-order valence-electron chi connectivity index (χ1n) is 3.99. The number of nitrogens with zero attached hydrogens (tertiary/aromatic N) is 1. The molecule has 0 aliphatic rings. The number of rotatable bonds is 3. The summed E-state index contributed by atoms with van der Waals surface area (Å²) < 4.78 is 0.738. The van der Waals surface area contributed by atoms with Gasteiger partial charge in [-0.05, 0) is 35.0 Å². The SMILES string of the molecule is C[C@H](N)C(=O)Cc1cccc(Br)n1. The molecule has 0 saturated carbocycles. The predicted octanol–water partition coefficient (Wildman–Crippen LogP) is 1.30. The van der Waals surface area contributed by atoms with Gasteiger partial charge in [-0.2, -0.15) is 0 Å². The third-order valence-electron chi connectivity index (χ3n) is 1.64. The van der Waals surface area contributed by atoms with E-state index in [1.807, 2.05) is 18.2 Å². The zero-order valence-corrected chi connectivity index (χ0v) is 8.91. The predicted molar refractivity (Wildman–Crippen MR) is 54.3 cm³/mol. The summed E-state index contributed by atoms with van der Waals surface area (Å²) >= 11 is 3.24. The lowest BCUT2D eigenvalue weighted by Gasteiger charge is -2.03. The summed E-state index contributed by atoms with van der Waals surface area (Å²) in [7, 11) is 0. The number of aromatic nitrogens is 1. The fourth-order valence-corrected chi connectivity index (χ4v) is 1.27. The molecule has 3 nitrogen and oxygen atoms in total. The molecule has 0 spiro atoms. The van der Waals surface area contributed by atoms with Crippen molar-refractivity contribution in [3.8, 4) is 0 Å². The fourth-order valence-electron chi connectivity index (χ4n) is 0.888. The van der Waals surface area contributed by atoms with E-state index in [2.05, 4.69) is 20.9 Å². The molecule has 0 aliphatic carbocycles. The Morgan fingerprint density at radius 3 is 2.92 bits per heavy atom. The summed E-state index contributed by atoms with van der Waals surface area (Å²) in [4.78, 5) is 15.4. The largest absolute Gasteiger partial charge is 0.322 e. The normalized spacial score (nSPS) is 12.5. The summed E-state index contributed by atoms with van der Waals surface area (Å²) in [5, 5.41) is 0. The number of hydrogen-bond acceptors (Lipinski definition) is 3. The van der Waals surface area contributed by atoms with Crippen molar-refractivity contribution >= 4 is 21.7 Å². The van der Waals surface area contributed by atoms with Crippen molar-refractivity contribution in [3.05, 3.63) is 28.5 Å². The Labute approximate surface area is 85.5 Å². The standard InChI is InChI=1S/C9H11BrN2O/c1-6(11)8(13)5-7-3-2-4-9(10)12-7/h2-4,6H,5,11H2,1H3/t6-/m0/s1. The highest BCUT2D eigenvalue weighted by molar-refractivity contribution is 9.10. The molecule has 70 valence electrons. The summed E-state index contributed by atoms with van der Waals surface area (Å²) in [5.41, 5.74) is 6.18. The molecule has 1 atom stereocenters. The number of nitrogens with two attached hydrogens (primary N) is 1. The second kappa shape index (κ2) is 4.48. The first-order chi connectivity index (χ1) is 6.09. The Bertz CT molecular complexity index is 312. The highest BCUT2D eigenvalue weighted by Gasteiger charge is 2.09. The van der Waals surface area contributed by atoms with Crippen molar-refractivity contribution in [2.24, 2.45) is 5.73 Å². The first-order valence-corrected chi connectivity index (χ1v) is 4.78. The van der Waals surface area contributed by atoms with Crippen LogP contribution < -0.4 is 5.73 Å². The summed E-state index contributed by atoms with van der Waals surface area (Å²) in [6, 6.07) is 5.06. The molecule has 0 saturated heterocycles. The van der Waals surface area contributed by atoms with E-state index in [4.69, 9.17) is 5.73 Å². The lowest BCUT2D eigenvalue weighted by molar-refractivity contribution is -0.119. The van der Waals surface area contributed by atoms with Gasteiger partial charge in [0.1, 0.15) is 4.60 Å². The van der Waals surface area contributed by atoms with Crippen LogP contribution in [0.2, 0.25) is 0 Å². The van der Waals surface area contributed by atoms with Gasteiger partial charge in [-0.25, -0.2) is 4.98 Å². The second-order valence-electron chi connectivity index (χ2n) is 2.88. The van der Waals surface area contributed by atoms with Crippen molar-refractivity contribution in [1.82, 2.24) is 4.98 Å². The maximum Gasteiger partial charge on any atom is 0.155 e. The van der Waals surface area contributed by atoms with E-state index in [9.17, 15) is 4.79 Å². The zero-order valence-electron chi connectivity index (χ0n) is 7.33. The number of ketones is 1. The zero-order chi connectivity index (χ0) is 9.84. The van der Waals surface area contributed by atoms with E-state index >= 15 is 0 Å². The van der Waals surface area contributed by atoms with Crippen LogP contribution >= 0.6 is 15.9 Å². The molecule has 0 aromatic carbocycles. The van der Waals surface area contributed by atoms with Gasteiger partial charge >= 0.3 is 0 Å². The minimum absolute atomic E-state index is 0.00519. The van der Waals surface area contributed by atoms with Gasteiger partial charge in [0, 0.05) is 5.69 Å². The molecule has 1 aromatic rings. The number of hydrogen-bond donors (Lipinski definition) is 1. The molecule has 1 aromatic heterocycles. The van der Waals surface area contributed by atoms with Gasteiger partial charge in [-0.15, -0.1) is 0 Å². The lowest BCUT2D eigenvalue weighted by atomic mass is 10.1. The van der Waals surface area contributed by atoms with Gasteiger partial charge < -0.3 is 5.73 Å². The lowest BCUT2D eigenvalue weighted by Crippen LogP contribution is -2.28. The monoisotopic (exact) mass is 242 g/mol. The van der Waals surface area contributed by atoms with E-state index in [1.54, 1.807) is 6.92 Å². The van der Waals surface area contributed by atoms with Crippen molar-refractivity contribution in [1.29, 1.82) is 0 Å². The highest BCUT2D eigenvalue weighted by atomic mass is 79.9. The van der Waals surface area contributed by atoms with E-state index in [-0.39, 0.29) is 5.78 Å². The van der Waals surface area contributed by atoms with E-state index in [0.717, 1.165) is 10.3 Å². The van der Waals surface area contributed by atoms with Crippen LogP contribution in [0.3, 0.4) is 0 Å². The molecule has 13 heavy (non-hydrogen) atoms. The van der Waals surface area contributed by atoms with Crippen molar-refractivity contribution in [2.75, 3.05) is 0 Å². The minimum Gasteiger partial charge on any atom is -0.322 e. The van der Waals surface area contributed by atoms with E-state index < -0.39 is 6.04 Å². The third-order valence-corrected chi connectivity index (χ3v) is 2.08. The molecular weight excluding hydrogens is 232 g/mol. The van der Waals surface area contributed by atoms with Gasteiger partial charge in [-0.1, -0.05) is 6.07 Å². The van der Waals surface area contributed by atoms with Gasteiger partial charge in [0.25, 0.3) is 0 Å². The quantitative estimate of drug-likeness (QED) is 0.814. The molecule has 2 N–H and O–H groups in total. The molecular formula is C9H11BrN2O. The molecule has 0 aliphatic heterocycles. The molecule has 1 rings (SSSR count). The second-order valence-corrected chi connectivity index (χ2v) is 3.70. The number of halogens is 1.